The summed E-state index contributed by atoms with van der Waals surface area (Å²) in [5.74, 6) is 0.0618. The molecule has 1 aliphatic carbocycles. The number of ether oxygens (including phenoxy) is 1. The van der Waals surface area contributed by atoms with Gasteiger partial charge in [-0.1, -0.05) is 12.1 Å². The number of anilines is 1. The van der Waals surface area contributed by atoms with Gasteiger partial charge in [-0.2, -0.15) is 5.26 Å². The standard InChI is InChI=1S/C18H17N3O3S/c19-9-7-12-1-5-14(6-2-12)24-11-16(22)21-18-15(8-10-25-18)17(23)20-13-3-4-13/h1-2,5-6,8,10,13H,3-4,7,11H2,(H,20,23)(H,21,22). The highest BCUT2D eigenvalue weighted by Crippen LogP contribution is 2.25. The molecule has 0 unspecified atom stereocenters. The second-order valence-corrected chi connectivity index (χ2v) is 6.64. The summed E-state index contributed by atoms with van der Waals surface area (Å²) in [6, 6.07) is 11.1. The third kappa shape index (κ3) is 4.81. The van der Waals surface area contributed by atoms with E-state index in [9.17, 15) is 9.59 Å². The molecule has 0 saturated heterocycles. The van der Waals surface area contributed by atoms with Gasteiger partial charge in [0.2, 0.25) is 0 Å². The first-order valence-electron chi connectivity index (χ1n) is 7.92. The monoisotopic (exact) mass is 355 g/mol. The van der Waals surface area contributed by atoms with Crippen LogP contribution in [0.3, 0.4) is 0 Å². The highest BCUT2D eigenvalue weighted by molar-refractivity contribution is 7.14. The third-order valence-electron chi connectivity index (χ3n) is 3.65. The van der Waals surface area contributed by atoms with Gasteiger partial charge in [0, 0.05) is 6.04 Å². The van der Waals surface area contributed by atoms with Crippen molar-refractivity contribution in [3.63, 3.8) is 0 Å². The molecule has 0 radical (unpaired) electrons. The summed E-state index contributed by atoms with van der Waals surface area (Å²) in [4.78, 5) is 24.2. The highest BCUT2D eigenvalue weighted by atomic mass is 32.1. The molecule has 2 N–H and O–H groups in total. The number of nitriles is 1. The zero-order valence-electron chi connectivity index (χ0n) is 13.5. The SMILES string of the molecule is N#CCc1ccc(OCC(=O)Nc2sccc2C(=O)NC2CC2)cc1. The van der Waals surface area contributed by atoms with Crippen LogP contribution in [0.1, 0.15) is 28.8 Å². The van der Waals surface area contributed by atoms with Crippen LogP contribution in [0, 0.1) is 11.3 Å². The first kappa shape index (κ1) is 17.0. The normalized spacial score (nSPS) is 12.9. The molecular weight excluding hydrogens is 338 g/mol. The number of thiophene rings is 1. The molecule has 2 amide bonds. The van der Waals surface area contributed by atoms with Gasteiger partial charge >= 0.3 is 0 Å². The van der Waals surface area contributed by atoms with Crippen molar-refractivity contribution in [1.29, 1.82) is 5.26 Å². The molecule has 1 aromatic heterocycles. The van der Waals surface area contributed by atoms with Gasteiger partial charge in [0.05, 0.1) is 18.1 Å². The Morgan fingerprint density at radius 1 is 1.24 bits per heavy atom. The van der Waals surface area contributed by atoms with Crippen LogP contribution < -0.4 is 15.4 Å². The van der Waals surface area contributed by atoms with Crippen LogP contribution in [-0.2, 0) is 11.2 Å². The zero-order chi connectivity index (χ0) is 17.6. The quantitative estimate of drug-likeness (QED) is 0.799. The number of nitrogens with zero attached hydrogens (tertiary/aromatic N) is 1. The Morgan fingerprint density at radius 3 is 2.68 bits per heavy atom. The molecule has 0 atom stereocenters. The lowest BCUT2D eigenvalue weighted by molar-refractivity contribution is -0.118. The number of carbonyl (C=O) groups is 2. The van der Waals surface area contributed by atoms with Crippen molar-refractivity contribution >= 4 is 28.2 Å². The van der Waals surface area contributed by atoms with Crippen molar-refractivity contribution in [3.05, 3.63) is 46.8 Å². The number of hydrogen-bond donors (Lipinski definition) is 2. The minimum atomic E-state index is -0.330. The minimum Gasteiger partial charge on any atom is -0.484 e. The molecule has 128 valence electrons. The van der Waals surface area contributed by atoms with E-state index in [1.54, 1.807) is 35.7 Å². The molecular formula is C18H17N3O3S. The molecule has 6 nitrogen and oxygen atoms in total. The van der Waals surface area contributed by atoms with E-state index in [0.717, 1.165) is 18.4 Å². The molecule has 1 heterocycles. The van der Waals surface area contributed by atoms with E-state index in [1.807, 2.05) is 0 Å². The lowest BCUT2D eigenvalue weighted by Crippen LogP contribution is -2.27. The van der Waals surface area contributed by atoms with Crippen molar-refractivity contribution in [3.8, 4) is 11.8 Å². The molecule has 1 aliphatic rings. The number of carbonyl (C=O) groups excluding carboxylic acids is 2. The van der Waals surface area contributed by atoms with Crippen LogP contribution in [-0.4, -0.2) is 24.5 Å². The summed E-state index contributed by atoms with van der Waals surface area (Å²) >= 11 is 1.30. The fourth-order valence-electron chi connectivity index (χ4n) is 2.18. The second-order valence-electron chi connectivity index (χ2n) is 5.73. The smallest absolute Gasteiger partial charge is 0.262 e. The molecule has 0 aliphatic heterocycles. The Bertz CT molecular complexity index is 804. The summed E-state index contributed by atoms with van der Waals surface area (Å²) in [6.07, 6.45) is 2.36. The second kappa shape index (κ2) is 7.81. The molecule has 7 heteroatoms. The zero-order valence-corrected chi connectivity index (χ0v) is 14.3. The Labute approximate surface area is 149 Å². The highest BCUT2D eigenvalue weighted by Gasteiger charge is 2.25. The van der Waals surface area contributed by atoms with Crippen molar-refractivity contribution in [2.75, 3.05) is 11.9 Å². The molecule has 0 bridgehead atoms. The van der Waals surface area contributed by atoms with Gasteiger partial charge in [-0.25, -0.2) is 0 Å². The number of hydrogen-bond acceptors (Lipinski definition) is 5. The first-order valence-corrected chi connectivity index (χ1v) is 8.80. The molecule has 1 aromatic carbocycles. The Morgan fingerprint density at radius 2 is 2.00 bits per heavy atom. The Kier molecular flexibility index (Phi) is 5.31. The number of benzene rings is 1. The van der Waals surface area contributed by atoms with E-state index in [2.05, 4.69) is 16.7 Å². The van der Waals surface area contributed by atoms with Crippen LogP contribution in [0.4, 0.5) is 5.00 Å². The van der Waals surface area contributed by atoms with Crippen molar-refractivity contribution in [1.82, 2.24) is 5.32 Å². The Balaban J connectivity index is 1.51. The summed E-state index contributed by atoms with van der Waals surface area (Å²) in [5, 5.41) is 16.6. The van der Waals surface area contributed by atoms with Crippen LogP contribution >= 0.6 is 11.3 Å². The summed E-state index contributed by atoms with van der Waals surface area (Å²) < 4.78 is 5.43. The van der Waals surface area contributed by atoms with Crippen molar-refractivity contribution in [2.45, 2.75) is 25.3 Å². The van der Waals surface area contributed by atoms with Gasteiger partial charge in [0.1, 0.15) is 10.8 Å². The molecule has 3 rings (SSSR count). The van der Waals surface area contributed by atoms with Crippen LogP contribution in [0.5, 0.6) is 5.75 Å². The molecule has 1 fully saturated rings. The predicted molar refractivity (Wildman–Crippen MR) is 94.7 cm³/mol. The van der Waals surface area contributed by atoms with Gasteiger partial charge in [0.15, 0.2) is 6.61 Å². The van der Waals surface area contributed by atoms with E-state index in [4.69, 9.17) is 10.00 Å². The van der Waals surface area contributed by atoms with E-state index in [1.165, 1.54) is 11.3 Å². The number of nitrogens with one attached hydrogen (secondary N) is 2. The van der Waals surface area contributed by atoms with Gasteiger partial charge in [0.25, 0.3) is 11.8 Å². The maximum absolute atomic E-state index is 12.1. The largest absolute Gasteiger partial charge is 0.484 e. The van der Waals surface area contributed by atoms with Crippen molar-refractivity contribution < 1.29 is 14.3 Å². The molecule has 1 saturated carbocycles. The maximum Gasteiger partial charge on any atom is 0.262 e. The van der Waals surface area contributed by atoms with E-state index >= 15 is 0 Å². The summed E-state index contributed by atoms with van der Waals surface area (Å²) in [5.41, 5.74) is 1.37. The van der Waals surface area contributed by atoms with Crippen LogP contribution in [0.15, 0.2) is 35.7 Å². The van der Waals surface area contributed by atoms with E-state index in [0.29, 0.717) is 22.7 Å². The molecule has 25 heavy (non-hydrogen) atoms. The van der Waals surface area contributed by atoms with Gasteiger partial charge in [-0.3, -0.25) is 9.59 Å². The Hall–Kier alpha value is -2.85. The molecule has 0 spiro atoms. The fourth-order valence-corrected chi connectivity index (χ4v) is 2.98. The van der Waals surface area contributed by atoms with Crippen molar-refractivity contribution in [2.24, 2.45) is 0 Å². The average molecular weight is 355 g/mol. The van der Waals surface area contributed by atoms with Crippen LogP contribution in [0.2, 0.25) is 0 Å². The van der Waals surface area contributed by atoms with Gasteiger partial charge < -0.3 is 15.4 Å². The first-order chi connectivity index (χ1) is 12.2. The lowest BCUT2D eigenvalue weighted by Gasteiger charge is -2.08. The summed E-state index contributed by atoms with van der Waals surface area (Å²) in [7, 11) is 0. The lowest BCUT2D eigenvalue weighted by atomic mass is 10.2. The maximum atomic E-state index is 12.1. The topological polar surface area (TPSA) is 91.2 Å². The van der Waals surface area contributed by atoms with Crippen LogP contribution in [0.25, 0.3) is 0 Å². The van der Waals surface area contributed by atoms with E-state index in [-0.39, 0.29) is 24.5 Å². The average Bonchev–Trinajstić information content (AvgIpc) is 3.30. The van der Waals surface area contributed by atoms with Gasteiger partial charge in [-0.05, 0) is 42.0 Å². The summed E-state index contributed by atoms with van der Waals surface area (Å²) in [6.45, 7) is -0.154. The molecule has 2 aromatic rings. The third-order valence-corrected chi connectivity index (χ3v) is 4.48. The van der Waals surface area contributed by atoms with Gasteiger partial charge in [-0.15, -0.1) is 11.3 Å². The number of rotatable bonds is 7. The van der Waals surface area contributed by atoms with E-state index < -0.39 is 0 Å². The predicted octanol–water partition coefficient (Wildman–Crippen LogP) is 2.72. The number of amides is 2. The minimum absolute atomic E-state index is 0.154. The fraction of sp³-hybridized carbons (Fsp3) is 0.278.